The minimum absolute atomic E-state index is 0.0908. The van der Waals surface area contributed by atoms with Crippen molar-refractivity contribution in [3.8, 4) is 5.75 Å². The van der Waals surface area contributed by atoms with Crippen LogP contribution in [0.15, 0.2) is 48.5 Å². The number of carbonyl (C=O) groups excluding carboxylic acids is 1. The normalized spacial score (nSPS) is 13.2. The van der Waals surface area contributed by atoms with E-state index >= 15 is 0 Å². The summed E-state index contributed by atoms with van der Waals surface area (Å²) < 4.78 is 5.76. The van der Waals surface area contributed by atoms with Crippen LogP contribution in [-0.2, 0) is 4.79 Å². The predicted molar refractivity (Wildman–Crippen MR) is 93.9 cm³/mol. The molecule has 0 fully saturated rings. The summed E-state index contributed by atoms with van der Waals surface area (Å²) in [6.07, 6.45) is -0.515. The number of hydrogen-bond acceptors (Lipinski definition) is 2. The lowest BCUT2D eigenvalue weighted by molar-refractivity contribution is -0.127. The van der Waals surface area contributed by atoms with E-state index in [1.54, 1.807) is 6.92 Å². The molecule has 0 radical (unpaired) electrons. The second kappa shape index (κ2) is 7.82. The number of benzene rings is 2. The Kier molecular flexibility index (Phi) is 5.80. The van der Waals surface area contributed by atoms with Gasteiger partial charge in [-0.2, -0.15) is 0 Å². The van der Waals surface area contributed by atoms with E-state index in [1.807, 2.05) is 44.2 Å². The Morgan fingerprint density at radius 2 is 1.65 bits per heavy atom. The second-order valence-corrected chi connectivity index (χ2v) is 6.14. The molecular weight excluding hydrogens is 286 g/mol. The number of hydrogen-bond donors (Lipinski definition) is 1. The molecule has 0 spiro atoms. The van der Waals surface area contributed by atoms with Crippen LogP contribution in [0, 0.1) is 13.8 Å². The zero-order valence-corrected chi connectivity index (χ0v) is 14.3. The monoisotopic (exact) mass is 311 g/mol. The minimum atomic E-state index is -0.515. The van der Waals surface area contributed by atoms with Crippen molar-refractivity contribution in [2.45, 2.75) is 39.7 Å². The Hall–Kier alpha value is -2.29. The largest absolute Gasteiger partial charge is 0.481 e. The third-order valence-electron chi connectivity index (χ3n) is 3.83. The molecule has 2 atom stereocenters. The number of nitrogens with one attached hydrogen (secondary N) is 1. The van der Waals surface area contributed by atoms with Crippen LogP contribution < -0.4 is 10.1 Å². The van der Waals surface area contributed by atoms with Crippen molar-refractivity contribution in [3.05, 3.63) is 65.2 Å². The fourth-order valence-electron chi connectivity index (χ4n) is 2.56. The number of carbonyl (C=O) groups is 1. The quantitative estimate of drug-likeness (QED) is 0.876. The van der Waals surface area contributed by atoms with Gasteiger partial charge in [0.2, 0.25) is 0 Å². The lowest BCUT2D eigenvalue weighted by Crippen LogP contribution is -2.38. The van der Waals surface area contributed by atoms with E-state index in [0.29, 0.717) is 6.54 Å². The summed E-state index contributed by atoms with van der Waals surface area (Å²) in [6.45, 7) is 8.52. The second-order valence-electron chi connectivity index (χ2n) is 6.14. The van der Waals surface area contributed by atoms with Crippen molar-refractivity contribution >= 4 is 5.91 Å². The van der Waals surface area contributed by atoms with Gasteiger partial charge >= 0.3 is 0 Å². The molecule has 0 saturated carbocycles. The Morgan fingerprint density at radius 1 is 1.04 bits per heavy atom. The minimum Gasteiger partial charge on any atom is -0.481 e. The summed E-state index contributed by atoms with van der Waals surface area (Å²) in [5, 5.41) is 2.97. The molecule has 1 amide bonds. The van der Waals surface area contributed by atoms with Gasteiger partial charge in [-0.1, -0.05) is 43.3 Å². The molecule has 3 nitrogen and oxygen atoms in total. The van der Waals surface area contributed by atoms with Gasteiger partial charge in [0.25, 0.3) is 5.91 Å². The SMILES string of the molecule is Cc1cc(C)cc(O[C@H](C)C(=O)NC[C@H](C)c2ccccc2)c1. The Bertz CT molecular complexity index is 632. The summed E-state index contributed by atoms with van der Waals surface area (Å²) in [7, 11) is 0. The highest BCUT2D eigenvalue weighted by molar-refractivity contribution is 5.80. The van der Waals surface area contributed by atoms with Crippen LogP contribution >= 0.6 is 0 Å². The first kappa shape index (κ1) is 17.1. The predicted octanol–water partition coefficient (Wildman–Crippen LogP) is 3.99. The van der Waals surface area contributed by atoms with Crippen molar-refractivity contribution in [2.24, 2.45) is 0 Å². The standard InChI is InChI=1S/C20H25NO2/c1-14-10-15(2)12-19(11-14)23-17(4)20(22)21-13-16(3)18-8-6-5-7-9-18/h5-12,16-17H,13H2,1-4H3,(H,21,22)/t16-,17+/m0/s1. The molecule has 0 bridgehead atoms. The van der Waals surface area contributed by atoms with Gasteiger partial charge in [0, 0.05) is 6.54 Å². The molecule has 23 heavy (non-hydrogen) atoms. The molecule has 0 aliphatic rings. The highest BCUT2D eigenvalue weighted by Crippen LogP contribution is 2.18. The highest BCUT2D eigenvalue weighted by atomic mass is 16.5. The van der Waals surface area contributed by atoms with Crippen molar-refractivity contribution < 1.29 is 9.53 Å². The van der Waals surface area contributed by atoms with Gasteiger partial charge in [0.15, 0.2) is 6.10 Å². The van der Waals surface area contributed by atoms with Gasteiger partial charge in [0.1, 0.15) is 5.75 Å². The first-order chi connectivity index (χ1) is 11.0. The molecule has 0 heterocycles. The number of amides is 1. The molecule has 0 unspecified atom stereocenters. The van der Waals surface area contributed by atoms with E-state index in [-0.39, 0.29) is 11.8 Å². The van der Waals surface area contributed by atoms with Gasteiger partial charge in [-0.3, -0.25) is 4.79 Å². The van der Waals surface area contributed by atoms with Gasteiger partial charge in [-0.25, -0.2) is 0 Å². The van der Waals surface area contributed by atoms with E-state index in [9.17, 15) is 4.79 Å². The Balaban J connectivity index is 1.87. The summed E-state index contributed by atoms with van der Waals surface area (Å²) >= 11 is 0. The van der Waals surface area contributed by atoms with Crippen LogP contribution in [-0.4, -0.2) is 18.6 Å². The van der Waals surface area contributed by atoms with E-state index in [2.05, 4.69) is 30.4 Å². The molecular formula is C20H25NO2. The molecule has 2 rings (SSSR count). The van der Waals surface area contributed by atoms with Crippen LogP contribution in [0.4, 0.5) is 0 Å². The molecule has 2 aromatic rings. The first-order valence-corrected chi connectivity index (χ1v) is 8.03. The van der Waals surface area contributed by atoms with Gasteiger partial charge in [0.05, 0.1) is 0 Å². The van der Waals surface area contributed by atoms with Crippen molar-refractivity contribution in [2.75, 3.05) is 6.54 Å². The molecule has 0 aromatic heterocycles. The smallest absolute Gasteiger partial charge is 0.260 e. The Morgan fingerprint density at radius 3 is 2.26 bits per heavy atom. The lowest BCUT2D eigenvalue weighted by Gasteiger charge is -2.18. The van der Waals surface area contributed by atoms with Crippen molar-refractivity contribution in [1.82, 2.24) is 5.32 Å². The van der Waals surface area contributed by atoms with Crippen LogP contribution in [0.2, 0.25) is 0 Å². The summed E-state index contributed by atoms with van der Waals surface area (Å²) in [6, 6.07) is 16.2. The van der Waals surface area contributed by atoms with Crippen LogP contribution in [0.1, 0.15) is 36.5 Å². The van der Waals surface area contributed by atoms with E-state index in [1.165, 1.54) is 5.56 Å². The zero-order chi connectivity index (χ0) is 16.8. The summed E-state index contributed by atoms with van der Waals surface area (Å²) in [5.41, 5.74) is 3.48. The number of ether oxygens (including phenoxy) is 1. The van der Waals surface area contributed by atoms with Crippen molar-refractivity contribution in [1.29, 1.82) is 0 Å². The molecule has 3 heteroatoms. The molecule has 0 aliphatic carbocycles. The Labute approximate surface area is 138 Å². The molecule has 0 saturated heterocycles. The summed E-state index contributed by atoms with van der Waals surface area (Å²) in [4.78, 5) is 12.2. The lowest BCUT2D eigenvalue weighted by atomic mass is 10.0. The average Bonchev–Trinajstić information content (AvgIpc) is 2.52. The van der Waals surface area contributed by atoms with Crippen molar-refractivity contribution in [3.63, 3.8) is 0 Å². The third kappa shape index (κ3) is 5.13. The van der Waals surface area contributed by atoms with Crippen LogP contribution in [0.5, 0.6) is 5.75 Å². The fraction of sp³-hybridized carbons (Fsp3) is 0.350. The molecule has 0 aliphatic heterocycles. The maximum atomic E-state index is 12.2. The zero-order valence-electron chi connectivity index (χ0n) is 14.3. The maximum absolute atomic E-state index is 12.2. The van der Waals surface area contributed by atoms with Gasteiger partial charge in [-0.05, 0) is 55.5 Å². The van der Waals surface area contributed by atoms with E-state index in [0.717, 1.165) is 16.9 Å². The molecule has 2 aromatic carbocycles. The number of aryl methyl sites for hydroxylation is 2. The molecule has 122 valence electrons. The van der Waals surface area contributed by atoms with Crippen LogP contribution in [0.25, 0.3) is 0 Å². The average molecular weight is 311 g/mol. The van der Waals surface area contributed by atoms with Gasteiger partial charge in [-0.15, -0.1) is 0 Å². The maximum Gasteiger partial charge on any atom is 0.260 e. The first-order valence-electron chi connectivity index (χ1n) is 8.03. The summed E-state index contributed by atoms with van der Waals surface area (Å²) in [5.74, 6) is 0.918. The van der Waals surface area contributed by atoms with Gasteiger partial charge < -0.3 is 10.1 Å². The fourth-order valence-corrected chi connectivity index (χ4v) is 2.56. The topological polar surface area (TPSA) is 38.3 Å². The van der Waals surface area contributed by atoms with Crippen LogP contribution in [0.3, 0.4) is 0 Å². The highest BCUT2D eigenvalue weighted by Gasteiger charge is 2.16. The third-order valence-corrected chi connectivity index (χ3v) is 3.83. The van der Waals surface area contributed by atoms with E-state index < -0.39 is 6.10 Å². The number of rotatable bonds is 6. The van der Waals surface area contributed by atoms with E-state index in [4.69, 9.17) is 4.74 Å². The molecule has 1 N–H and O–H groups in total.